The summed E-state index contributed by atoms with van der Waals surface area (Å²) in [4.78, 5) is 5.78. The SMILES string of the molecule is C=Cc1sc2ccc(N(C)C(/C=C\C)=C(/C=C\C)C(C)CCC)c(C)c2c1/C=C\C.Cc1ccc(N(C)c2ccccc2)cc1. The molecule has 0 aliphatic rings. The molecule has 4 rings (SSSR count). The van der Waals surface area contributed by atoms with Crippen molar-refractivity contribution in [2.75, 3.05) is 23.9 Å². The van der Waals surface area contributed by atoms with E-state index < -0.39 is 0 Å². The molecule has 3 heteroatoms. The number of fused-ring (bicyclic) bond motifs is 1. The van der Waals surface area contributed by atoms with Gasteiger partial charge >= 0.3 is 0 Å². The Kier molecular flexibility index (Phi) is 13.7. The zero-order valence-corrected chi connectivity index (χ0v) is 29.7. The molecule has 0 spiro atoms. The summed E-state index contributed by atoms with van der Waals surface area (Å²) >= 11 is 1.82. The molecule has 0 radical (unpaired) electrons. The molecule has 0 bridgehead atoms. The van der Waals surface area contributed by atoms with Gasteiger partial charge in [0.25, 0.3) is 0 Å². The standard InChI is InChI=1S/C28H37NS.C14H15N/c1-9-14-20(6)22(15-10-2)25(17-12-4)29(8)24-18-19-27-28(21(24)7)23(16-11-3)26(13-5)30-27;1-12-8-10-14(11-9-12)15(2)13-6-4-3-5-7-13/h10-13,15-20H,5,9,14H2,1-4,6-8H3;3-11H,1-2H3/b15-10-,16-11-,17-12-,25-22-;. The molecule has 0 N–H and O–H groups in total. The summed E-state index contributed by atoms with van der Waals surface area (Å²) in [6.07, 6.45) is 17.5. The Hall–Kier alpha value is -4.08. The normalized spacial score (nSPS) is 12.8. The van der Waals surface area contributed by atoms with Crippen LogP contribution in [0.5, 0.6) is 0 Å². The number of anilines is 3. The van der Waals surface area contributed by atoms with Crippen molar-refractivity contribution in [3.05, 3.63) is 137 Å². The molecule has 3 aromatic carbocycles. The number of aryl methyl sites for hydroxylation is 2. The molecule has 2 nitrogen and oxygen atoms in total. The van der Waals surface area contributed by atoms with Crippen LogP contribution in [0.3, 0.4) is 0 Å². The van der Waals surface area contributed by atoms with Gasteiger partial charge in [0.1, 0.15) is 0 Å². The van der Waals surface area contributed by atoms with E-state index >= 15 is 0 Å². The topological polar surface area (TPSA) is 6.48 Å². The third-order valence-electron chi connectivity index (χ3n) is 8.18. The minimum Gasteiger partial charge on any atom is -0.345 e. The highest BCUT2D eigenvalue weighted by Crippen LogP contribution is 2.40. The highest BCUT2D eigenvalue weighted by Gasteiger charge is 2.19. The maximum absolute atomic E-state index is 4.03. The number of hydrogen-bond acceptors (Lipinski definition) is 3. The van der Waals surface area contributed by atoms with E-state index in [-0.39, 0.29) is 0 Å². The van der Waals surface area contributed by atoms with Crippen molar-refractivity contribution in [2.24, 2.45) is 5.92 Å². The maximum Gasteiger partial charge on any atom is 0.0445 e. The molecule has 0 aliphatic carbocycles. The van der Waals surface area contributed by atoms with Crippen molar-refractivity contribution < 1.29 is 0 Å². The van der Waals surface area contributed by atoms with Crippen molar-refractivity contribution in [1.82, 2.24) is 0 Å². The van der Waals surface area contributed by atoms with Gasteiger partial charge in [-0.1, -0.05) is 99.2 Å². The third kappa shape index (κ3) is 8.77. The summed E-state index contributed by atoms with van der Waals surface area (Å²) in [7, 11) is 4.28. The van der Waals surface area contributed by atoms with E-state index in [1.807, 2.05) is 23.5 Å². The van der Waals surface area contributed by atoms with Crippen LogP contribution in [0.15, 0.2) is 115 Å². The first-order valence-electron chi connectivity index (χ1n) is 16.1. The Morgan fingerprint density at radius 2 is 1.49 bits per heavy atom. The van der Waals surface area contributed by atoms with Gasteiger partial charge < -0.3 is 9.80 Å². The van der Waals surface area contributed by atoms with Crippen molar-refractivity contribution in [3.8, 4) is 0 Å². The molecule has 45 heavy (non-hydrogen) atoms. The molecule has 1 aromatic heterocycles. The molecule has 1 unspecified atom stereocenters. The predicted molar refractivity (Wildman–Crippen MR) is 206 cm³/mol. The predicted octanol–water partition coefficient (Wildman–Crippen LogP) is 12.9. The number of benzene rings is 3. The summed E-state index contributed by atoms with van der Waals surface area (Å²) < 4.78 is 1.32. The van der Waals surface area contributed by atoms with Gasteiger partial charge in [-0.05, 0) is 101 Å². The van der Waals surface area contributed by atoms with E-state index in [2.05, 4.69) is 176 Å². The number of rotatable bonds is 11. The average Bonchev–Trinajstić information content (AvgIpc) is 3.42. The van der Waals surface area contributed by atoms with Crippen LogP contribution in [0.1, 0.15) is 69.0 Å². The Morgan fingerprint density at radius 1 is 0.844 bits per heavy atom. The van der Waals surface area contributed by atoms with Gasteiger partial charge in [-0.2, -0.15) is 0 Å². The second-order valence-electron chi connectivity index (χ2n) is 11.5. The van der Waals surface area contributed by atoms with Crippen molar-refractivity contribution in [1.29, 1.82) is 0 Å². The smallest absolute Gasteiger partial charge is 0.0445 e. The minimum absolute atomic E-state index is 0.510. The van der Waals surface area contributed by atoms with Gasteiger partial charge in [0.15, 0.2) is 0 Å². The van der Waals surface area contributed by atoms with Crippen LogP contribution in [0.25, 0.3) is 22.2 Å². The summed E-state index contributed by atoms with van der Waals surface area (Å²) in [5.41, 5.74) is 10.2. The summed E-state index contributed by atoms with van der Waals surface area (Å²) in [6, 6.07) is 23.4. The lowest BCUT2D eigenvalue weighted by molar-refractivity contribution is 0.607. The molecule has 0 saturated carbocycles. The Labute approximate surface area is 277 Å². The summed E-state index contributed by atoms with van der Waals surface area (Å²) in [5, 5.41) is 1.34. The zero-order valence-electron chi connectivity index (χ0n) is 28.9. The van der Waals surface area contributed by atoms with Gasteiger partial charge in [-0.3, -0.25) is 0 Å². The van der Waals surface area contributed by atoms with Crippen LogP contribution in [0, 0.1) is 19.8 Å². The molecule has 0 aliphatic heterocycles. The number of thiophene rings is 1. The second kappa shape index (κ2) is 17.4. The fourth-order valence-corrected chi connectivity index (χ4v) is 6.87. The molecule has 0 amide bonds. The van der Waals surface area contributed by atoms with E-state index in [1.54, 1.807) is 0 Å². The van der Waals surface area contributed by atoms with Gasteiger partial charge in [-0.15, -0.1) is 11.3 Å². The first-order chi connectivity index (χ1) is 21.7. The Morgan fingerprint density at radius 3 is 2.07 bits per heavy atom. The third-order valence-corrected chi connectivity index (χ3v) is 9.34. The first-order valence-corrected chi connectivity index (χ1v) is 16.9. The number of allylic oxidation sites excluding steroid dienone is 6. The van der Waals surface area contributed by atoms with Gasteiger partial charge in [0.05, 0.1) is 0 Å². The van der Waals surface area contributed by atoms with Gasteiger partial charge in [-0.25, -0.2) is 0 Å². The van der Waals surface area contributed by atoms with Crippen molar-refractivity contribution >= 4 is 50.6 Å². The van der Waals surface area contributed by atoms with E-state index in [0.717, 1.165) is 0 Å². The fourth-order valence-electron chi connectivity index (χ4n) is 5.77. The van der Waals surface area contributed by atoms with Crippen LogP contribution in [0.4, 0.5) is 17.1 Å². The Balaban J connectivity index is 0.000000305. The van der Waals surface area contributed by atoms with Gasteiger partial charge in [0.2, 0.25) is 0 Å². The van der Waals surface area contributed by atoms with Crippen LogP contribution in [-0.4, -0.2) is 14.1 Å². The van der Waals surface area contributed by atoms with Crippen molar-refractivity contribution in [3.63, 3.8) is 0 Å². The molecule has 0 fully saturated rings. The summed E-state index contributed by atoms with van der Waals surface area (Å²) in [6.45, 7) is 19.3. The molecule has 4 aromatic rings. The highest BCUT2D eigenvalue weighted by atomic mass is 32.1. The number of hydrogen-bond donors (Lipinski definition) is 0. The minimum atomic E-state index is 0.510. The van der Waals surface area contributed by atoms with E-state index in [4.69, 9.17) is 0 Å². The molecule has 1 heterocycles. The number of nitrogens with zero attached hydrogens (tertiary/aromatic N) is 2. The van der Waals surface area contributed by atoms with E-state index in [9.17, 15) is 0 Å². The van der Waals surface area contributed by atoms with Crippen LogP contribution in [0.2, 0.25) is 0 Å². The zero-order chi connectivity index (χ0) is 32.9. The fraction of sp³-hybridized carbons (Fsp3) is 0.286. The van der Waals surface area contributed by atoms with Crippen LogP contribution >= 0.6 is 11.3 Å². The number of likely N-dealkylation sites (N-methyl/N-ethyl adjacent to an activating group) is 1. The van der Waals surface area contributed by atoms with Crippen LogP contribution < -0.4 is 9.80 Å². The number of para-hydroxylation sites is 1. The Bertz CT molecular complexity index is 1650. The lowest BCUT2D eigenvalue weighted by atomic mass is 9.93. The first kappa shape index (κ1) is 35.4. The molecular formula is C42H52N2S. The lowest BCUT2D eigenvalue weighted by Gasteiger charge is -2.27. The monoisotopic (exact) mass is 616 g/mol. The molecule has 0 saturated heterocycles. The maximum atomic E-state index is 4.03. The van der Waals surface area contributed by atoms with Crippen LogP contribution in [-0.2, 0) is 0 Å². The average molecular weight is 617 g/mol. The van der Waals surface area contributed by atoms with E-state index in [0.29, 0.717) is 5.92 Å². The second-order valence-corrected chi connectivity index (χ2v) is 12.6. The van der Waals surface area contributed by atoms with Crippen molar-refractivity contribution in [2.45, 2.75) is 61.3 Å². The molecular weight excluding hydrogens is 565 g/mol. The molecule has 236 valence electrons. The van der Waals surface area contributed by atoms with Gasteiger partial charge in [0, 0.05) is 57.4 Å². The largest absolute Gasteiger partial charge is 0.345 e. The molecule has 1 atom stereocenters. The highest BCUT2D eigenvalue weighted by molar-refractivity contribution is 7.20. The summed E-state index contributed by atoms with van der Waals surface area (Å²) in [5.74, 6) is 0.510. The lowest BCUT2D eigenvalue weighted by Crippen LogP contribution is -2.20. The quantitative estimate of drug-likeness (QED) is 0.155. The van der Waals surface area contributed by atoms with E-state index in [1.165, 1.54) is 72.8 Å².